The Balaban J connectivity index is 1.90. The third-order valence-corrected chi connectivity index (χ3v) is 3.76. The summed E-state index contributed by atoms with van der Waals surface area (Å²) >= 11 is 0. The van der Waals surface area contributed by atoms with Crippen molar-refractivity contribution in [3.63, 3.8) is 0 Å². The van der Waals surface area contributed by atoms with Gasteiger partial charge < -0.3 is 0 Å². The van der Waals surface area contributed by atoms with E-state index in [1.54, 1.807) is 4.80 Å². The summed E-state index contributed by atoms with van der Waals surface area (Å²) in [6, 6.07) is 15.8. The highest BCUT2D eigenvalue weighted by Gasteiger charge is 2.23. The molecule has 2 aromatic heterocycles. The highest BCUT2D eigenvalue weighted by molar-refractivity contribution is 5.74. The Hall–Kier alpha value is -2.76. The van der Waals surface area contributed by atoms with Crippen molar-refractivity contribution in [3.05, 3.63) is 48.5 Å². The van der Waals surface area contributed by atoms with Crippen LogP contribution in [-0.2, 0) is 0 Å². The van der Waals surface area contributed by atoms with Crippen LogP contribution in [0.25, 0.3) is 22.1 Å². The van der Waals surface area contributed by atoms with E-state index < -0.39 is 0 Å². The summed E-state index contributed by atoms with van der Waals surface area (Å²) in [5, 5.41) is 17.8. The molecule has 22 heavy (non-hydrogen) atoms. The molecule has 0 saturated heterocycles. The first kappa shape index (κ1) is 12.9. The lowest BCUT2D eigenvalue weighted by Crippen LogP contribution is -2.26. The van der Waals surface area contributed by atoms with Crippen LogP contribution >= 0.6 is 0 Å². The van der Waals surface area contributed by atoms with Gasteiger partial charge in [-0.25, -0.2) is 4.68 Å². The molecule has 2 aromatic carbocycles. The smallest absolute Gasteiger partial charge is 0.167 e. The number of hydrogen-bond donors (Lipinski definition) is 0. The molecule has 0 aliphatic carbocycles. The Morgan fingerprint density at radius 3 is 2.05 bits per heavy atom. The maximum absolute atomic E-state index is 4.61. The highest BCUT2D eigenvalue weighted by atomic mass is 15.6. The monoisotopic (exact) mass is 292 g/mol. The summed E-state index contributed by atoms with van der Waals surface area (Å²) in [5.41, 5.74) is 3.64. The summed E-state index contributed by atoms with van der Waals surface area (Å²) in [7, 11) is 0. The predicted octanol–water partition coefficient (Wildman–Crippen LogP) is 2.88. The van der Waals surface area contributed by atoms with Crippen molar-refractivity contribution in [2.24, 2.45) is 5.92 Å². The van der Waals surface area contributed by atoms with E-state index in [0.717, 1.165) is 22.1 Å². The first-order chi connectivity index (χ1) is 10.7. The maximum atomic E-state index is 4.61. The lowest BCUT2D eigenvalue weighted by atomic mass is 10.1. The van der Waals surface area contributed by atoms with E-state index in [1.807, 2.05) is 53.2 Å². The van der Waals surface area contributed by atoms with Crippen molar-refractivity contribution in [2.75, 3.05) is 0 Å². The molecule has 0 bridgehead atoms. The molecule has 0 aliphatic rings. The minimum absolute atomic E-state index is 0.111. The van der Waals surface area contributed by atoms with Gasteiger partial charge in [0.2, 0.25) is 0 Å². The lowest BCUT2D eigenvalue weighted by Gasteiger charge is -2.20. The van der Waals surface area contributed by atoms with Gasteiger partial charge in [0.15, 0.2) is 6.17 Å². The number of para-hydroxylation sites is 1. The zero-order valence-electron chi connectivity index (χ0n) is 12.5. The van der Waals surface area contributed by atoms with Gasteiger partial charge in [-0.05, 0) is 30.2 Å². The quantitative estimate of drug-likeness (QED) is 0.582. The van der Waals surface area contributed by atoms with Crippen molar-refractivity contribution in [3.8, 4) is 0 Å². The van der Waals surface area contributed by atoms with Crippen molar-refractivity contribution in [2.45, 2.75) is 20.0 Å². The molecule has 0 fully saturated rings. The molecule has 2 heterocycles. The van der Waals surface area contributed by atoms with Gasteiger partial charge >= 0.3 is 0 Å². The van der Waals surface area contributed by atoms with E-state index in [-0.39, 0.29) is 12.1 Å². The molecule has 0 radical (unpaired) electrons. The Kier molecular flexibility index (Phi) is 2.89. The molecular weight excluding hydrogens is 276 g/mol. The second kappa shape index (κ2) is 4.91. The second-order valence-corrected chi connectivity index (χ2v) is 5.69. The van der Waals surface area contributed by atoms with Gasteiger partial charge in [-0.1, -0.05) is 43.3 Å². The van der Waals surface area contributed by atoms with Crippen LogP contribution in [0.2, 0.25) is 0 Å². The summed E-state index contributed by atoms with van der Waals surface area (Å²) in [6.45, 7) is 4.27. The normalized spacial score (nSPS) is 13.2. The summed E-state index contributed by atoms with van der Waals surface area (Å²) in [4.78, 5) is 1.75. The first-order valence-electron chi connectivity index (χ1n) is 7.35. The first-order valence-corrected chi connectivity index (χ1v) is 7.35. The van der Waals surface area contributed by atoms with Gasteiger partial charge in [-0.3, -0.25) is 0 Å². The summed E-state index contributed by atoms with van der Waals surface area (Å²) < 4.78 is 1.90. The van der Waals surface area contributed by atoms with E-state index in [0.29, 0.717) is 0 Å². The standard InChI is InChI=1S/C16H16N6/c1-11(2)16(21-15-10-6-5-9-14(15)17-20-21)22-18-12-7-3-4-8-13(12)19-22/h3-11,16H,1-2H3. The lowest BCUT2D eigenvalue weighted by molar-refractivity contribution is 0.253. The van der Waals surface area contributed by atoms with Crippen molar-refractivity contribution in [1.29, 1.82) is 0 Å². The van der Waals surface area contributed by atoms with Gasteiger partial charge in [0, 0.05) is 0 Å². The molecule has 4 aromatic rings. The van der Waals surface area contributed by atoms with Crippen LogP contribution in [0.1, 0.15) is 20.0 Å². The fourth-order valence-corrected chi connectivity index (χ4v) is 2.72. The number of benzene rings is 2. The van der Waals surface area contributed by atoms with Crippen LogP contribution in [0, 0.1) is 5.92 Å². The van der Waals surface area contributed by atoms with Crippen molar-refractivity contribution in [1.82, 2.24) is 30.0 Å². The zero-order chi connectivity index (χ0) is 15.1. The summed E-state index contributed by atoms with van der Waals surface area (Å²) in [6.07, 6.45) is -0.111. The topological polar surface area (TPSA) is 61.4 Å². The van der Waals surface area contributed by atoms with Gasteiger partial charge in [0.25, 0.3) is 0 Å². The molecule has 0 spiro atoms. The fourth-order valence-electron chi connectivity index (χ4n) is 2.72. The number of fused-ring (bicyclic) bond motifs is 2. The van der Waals surface area contributed by atoms with Crippen LogP contribution in [0.5, 0.6) is 0 Å². The third kappa shape index (κ3) is 1.95. The van der Waals surface area contributed by atoms with Gasteiger partial charge in [0.05, 0.1) is 5.52 Å². The largest absolute Gasteiger partial charge is 0.218 e. The molecule has 4 rings (SSSR count). The predicted molar refractivity (Wildman–Crippen MR) is 84.3 cm³/mol. The zero-order valence-corrected chi connectivity index (χ0v) is 12.5. The average molecular weight is 292 g/mol. The molecule has 0 amide bonds. The minimum Gasteiger partial charge on any atom is -0.218 e. The van der Waals surface area contributed by atoms with Crippen LogP contribution in [-0.4, -0.2) is 30.0 Å². The maximum Gasteiger partial charge on any atom is 0.167 e. The second-order valence-electron chi connectivity index (χ2n) is 5.69. The SMILES string of the molecule is CC(C)C(n1nc2ccccc2n1)n1nnc2ccccc21. The average Bonchev–Trinajstić information content (AvgIpc) is 3.12. The molecular formula is C16H16N6. The number of hydrogen-bond acceptors (Lipinski definition) is 4. The molecule has 0 aliphatic heterocycles. The fraction of sp³-hybridized carbons (Fsp3) is 0.250. The number of nitrogens with zero attached hydrogens (tertiary/aromatic N) is 6. The molecule has 1 atom stereocenters. The Labute approximate surface area is 127 Å². The van der Waals surface area contributed by atoms with E-state index in [1.165, 1.54) is 0 Å². The van der Waals surface area contributed by atoms with Crippen LogP contribution in [0.3, 0.4) is 0 Å². The van der Waals surface area contributed by atoms with E-state index >= 15 is 0 Å². The highest BCUT2D eigenvalue weighted by Crippen LogP contribution is 2.23. The van der Waals surface area contributed by atoms with Crippen molar-refractivity contribution >= 4 is 22.1 Å². The van der Waals surface area contributed by atoms with Gasteiger partial charge in [-0.15, -0.1) is 5.10 Å². The van der Waals surface area contributed by atoms with Crippen LogP contribution in [0.4, 0.5) is 0 Å². The Morgan fingerprint density at radius 2 is 1.41 bits per heavy atom. The third-order valence-electron chi connectivity index (χ3n) is 3.76. The minimum atomic E-state index is -0.111. The van der Waals surface area contributed by atoms with E-state index in [4.69, 9.17) is 0 Å². The van der Waals surface area contributed by atoms with Gasteiger partial charge in [-0.2, -0.15) is 15.0 Å². The number of aromatic nitrogens is 6. The van der Waals surface area contributed by atoms with Crippen molar-refractivity contribution < 1.29 is 0 Å². The molecule has 6 heteroatoms. The van der Waals surface area contributed by atoms with Crippen LogP contribution < -0.4 is 0 Å². The molecule has 0 saturated carbocycles. The Morgan fingerprint density at radius 1 is 0.818 bits per heavy atom. The molecule has 110 valence electrons. The number of rotatable bonds is 3. The summed E-state index contributed by atoms with van der Waals surface area (Å²) in [5.74, 6) is 0.270. The van der Waals surface area contributed by atoms with E-state index in [9.17, 15) is 0 Å². The van der Waals surface area contributed by atoms with Gasteiger partial charge in [0.1, 0.15) is 16.6 Å². The molecule has 6 nitrogen and oxygen atoms in total. The van der Waals surface area contributed by atoms with Crippen LogP contribution in [0.15, 0.2) is 48.5 Å². The molecule has 1 unspecified atom stereocenters. The molecule has 0 N–H and O–H groups in total. The Bertz CT molecular complexity index is 903. The van der Waals surface area contributed by atoms with E-state index in [2.05, 4.69) is 34.4 Å².